The number of Topliss-reactive ketones (excluding diaryl/α,β-unsaturated/α-hetero) is 1. The van der Waals surface area contributed by atoms with Crippen LogP contribution in [0.15, 0.2) is 18.2 Å². The van der Waals surface area contributed by atoms with Gasteiger partial charge in [-0.25, -0.2) is 0 Å². The van der Waals surface area contributed by atoms with Gasteiger partial charge in [0.1, 0.15) is 5.78 Å². The van der Waals surface area contributed by atoms with E-state index < -0.39 is 0 Å². The third kappa shape index (κ3) is 3.79. The zero-order valence-electron chi connectivity index (χ0n) is 11.8. The first-order valence-corrected chi connectivity index (χ1v) is 7.71. The second kappa shape index (κ2) is 6.82. The minimum absolute atomic E-state index is 0.0564. The molecular weight excluding hydrogens is 331 g/mol. The lowest BCUT2D eigenvalue weighted by Gasteiger charge is -2.04. The second-order valence-corrected chi connectivity index (χ2v) is 6.02. The molecule has 0 spiro atoms. The number of halogens is 3. The number of nitrogens with zero attached hydrogens (tertiary/aromatic N) is 2. The molecule has 0 aliphatic rings. The summed E-state index contributed by atoms with van der Waals surface area (Å²) in [6.45, 7) is 1.98. The highest BCUT2D eigenvalue weighted by atomic mass is 35.5. The number of benzene rings is 1. The summed E-state index contributed by atoms with van der Waals surface area (Å²) in [5.41, 5.74) is 2.40. The number of carbonyl (C=O) groups is 1. The maximum absolute atomic E-state index is 12.2. The smallest absolute Gasteiger partial charge is 0.143 e. The number of ketones is 1. The van der Waals surface area contributed by atoms with Crippen molar-refractivity contribution in [3.05, 3.63) is 50.2 Å². The van der Waals surface area contributed by atoms with Gasteiger partial charge in [-0.05, 0) is 24.1 Å². The minimum Gasteiger partial charge on any atom is -0.299 e. The van der Waals surface area contributed by atoms with Crippen molar-refractivity contribution >= 4 is 40.6 Å². The lowest BCUT2D eigenvalue weighted by atomic mass is 10.1. The van der Waals surface area contributed by atoms with E-state index in [0.717, 1.165) is 23.4 Å². The van der Waals surface area contributed by atoms with E-state index in [2.05, 4.69) is 5.10 Å². The van der Waals surface area contributed by atoms with Crippen LogP contribution in [0.1, 0.15) is 23.9 Å². The third-order valence-corrected chi connectivity index (χ3v) is 4.43. The normalized spacial score (nSPS) is 10.9. The first-order chi connectivity index (χ1) is 9.92. The molecule has 1 aromatic carbocycles. The van der Waals surface area contributed by atoms with E-state index >= 15 is 0 Å². The van der Waals surface area contributed by atoms with E-state index in [9.17, 15) is 4.79 Å². The molecule has 0 saturated carbocycles. The van der Waals surface area contributed by atoms with E-state index in [1.807, 2.05) is 6.92 Å². The van der Waals surface area contributed by atoms with Crippen molar-refractivity contribution < 1.29 is 4.79 Å². The van der Waals surface area contributed by atoms with Gasteiger partial charge in [0.25, 0.3) is 0 Å². The summed E-state index contributed by atoms with van der Waals surface area (Å²) in [7, 11) is 1.80. The Morgan fingerprint density at radius 3 is 2.48 bits per heavy atom. The lowest BCUT2D eigenvalue weighted by Crippen LogP contribution is -2.10. The molecule has 1 heterocycles. The molecule has 6 heteroatoms. The zero-order chi connectivity index (χ0) is 15.6. The Labute approximate surface area is 138 Å². The summed E-state index contributed by atoms with van der Waals surface area (Å²) in [6, 6.07) is 5.21. The Morgan fingerprint density at radius 2 is 1.90 bits per heavy atom. The molecule has 0 atom stereocenters. The number of aryl methyl sites for hydroxylation is 2. The molecule has 21 heavy (non-hydrogen) atoms. The van der Waals surface area contributed by atoms with Gasteiger partial charge in [0.15, 0.2) is 0 Å². The van der Waals surface area contributed by atoms with Crippen LogP contribution in [0, 0.1) is 0 Å². The number of hydrogen-bond acceptors (Lipinski definition) is 2. The summed E-state index contributed by atoms with van der Waals surface area (Å²) in [4.78, 5) is 12.2. The maximum atomic E-state index is 12.2. The highest BCUT2D eigenvalue weighted by Crippen LogP contribution is 2.24. The molecule has 1 aromatic heterocycles. The zero-order valence-corrected chi connectivity index (χ0v) is 14.1. The van der Waals surface area contributed by atoms with Crippen LogP contribution in [0.3, 0.4) is 0 Å². The first-order valence-electron chi connectivity index (χ1n) is 6.58. The van der Waals surface area contributed by atoms with Gasteiger partial charge in [0, 0.05) is 13.5 Å². The molecule has 0 saturated heterocycles. The molecule has 0 aliphatic carbocycles. The van der Waals surface area contributed by atoms with Gasteiger partial charge in [0.2, 0.25) is 0 Å². The molecule has 0 unspecified atom stereocenters. The fraction of sp³-hybridized carbons (Fsp3) is 0.333. The van der Waals surface area contributed by atoms with Crippen LogP contribution in [0.2, 0.25) is 15.1 Å². The standard InChI is InChI=1S/C15H15Cl3N2O/c1-3-13-15(18)14(20(2)19-13)8-10(21)6-9-4-5-11(16)12(17)7-9/h4-5,7H,3,6,8H2,1-2H3. The SMILES string of the molecule is CCc1nn(C)c(CC(=O)Cc2ccc(Cl)c(Cl)c2)c1Cl. The summed E-state index contributed by atoms with van der Waals surface area (Å²) in [6.07, 6.45) is 1.29. The predicted octanol–water partition coefficient (Wildman–Crippen LogP) is 4.30. The fourth-order valence-corrected chi connectivity index (χ4v) is 2.82. The van der Waals surface area contributed by atoms with Crippen LogP contribution in [-0.2, 0) is 31.1 Å². The molecule has 3 nitrogen and oxygen atoms in total. The molecular formula is C15H15Cl3N2O. The number of carbonyl (C=O) groups excluding carboxylic acids is 1. The van der Waals surface area contributed by atoms with Gasteiger partial charge in [-0.15, -0.1) is 0 Å². The molecule has 2 aromatic rings. The van der Waals surface area contributed by atoms with E-state index in [0.29, 0.717) is 21.5 Å². The summed E-state index contributed by atoms with van der Waals surface area (Å²) in [5, 5.41) is 5.83. The minimum atomic E-state index is 0.0564. The summed E-state index contributed by atoms with van der Waals surface area (Å²) in [5.74, 6) is 0.0564. The van der Waals surface area contributed by atoms with E-state index in [-0.39, 0.29) is 12.2 Å². The highest BCUT2D eigenvalue weighted by Gasteiger charge is 2.16. The summed E-state index contributed by atoms with van der Waals surface area (Å²) >= 11 is 18.1. The molecule has 2 rings (SSSR count). The van der Waals surface area contributed by atoms with E-state index in [1.165, 1.54) is 0 Å². The van der Waals surface area contributed by atoms with Crippen molar-refractivity contribution in [3.8, 4) is 0 Å². The number of aromatic nitrogens is 2. The summed E-state index contributed by atoms with van der Waals surface area (Å²) < 4.78 is 1.67. The Bertz CT molecular complexity index is 680. The van der Waals surface area contributed by atoms with Gasteiger partial charge in [-0.2, -0.15) is 5.10 Å². The Balaban J connectivity index is 2.11. The molecule has 0 N–H and O–H groups in total. The van der Waals surface area contributed by atoms with Crippen LogP contribution in [0.4, 0.5) is 0 Å². The van der Waals surface area contributed by atoms with Crippen LogP contribution in [0.5, 0.6) is 0 Å². The van der Waals surface area contributed by atoms with Crippen molar-refractivity contribution in [3.63, 3.8) is 0 Å². The van der Waals surface area contributed by atoms with Crippen LogP contribution < -0.4 is 0 Å². The second-order valence-electron chi connectivity index (χ2n) is 4.83. The van der Waals surface area contributed by atoms with Gasteiger partial charge in [0.05, 0.1) is 32.9 Å². The van der Waals surface area contributed by atoms with Crippen molar-refractivity contribution in [2.45, 2.75) is 26.2 Å². The van der Waals surface area contributed by atoms with Gasteiger partial charge in [-0.1, -0.05) is 47.8 Å². The van der Waals surface area contributed by atoms with Crippen LogP contribution >= 0.6 is 34.8 Å². The molecule has 0 radical (unpaired) electrons. The molecule has 112 valence electrons. The molecule has 0 fully saturated rings. The average Bonchev–Trinajstić information content (AvgIpc) is 2.70. The predicted molar refractivity (Wildman–Crippen MR) is 86.5 cm³/mol. The lowest BCUT2D eigenvalue weighted by molar-refractivity contribution is -0.117. The van der Waals surface area contributed by atoms with Crippen molar-refractivity contribution in [2.24, 2.45) is 7.05 Å². The van der Waals surface area contributed by atoms with E-state index in [1.54, 1.807) is 29.9 Å². The van der Waals surface area contributed by atoms with Crippen molar-refractivity contribution in [1.82, 2.24) is 9.78 Å². The van der Waals surface area contributed by atoms with Crippen molar-refractivity contribution in [2.75, 3.05) is 0 Å². The Hall–Kier alpha value is -1.03. The molecule has 0 bridgehead atoms. The van der Waals surface area contributed by atoms with Gasteiger partial charge in [-0.3, -0.25) is 9.48 Å². The highest BCUT2D eigenvalue weighted by molar-refractivity contribution is 6.42. The largest absolute Gasteiger partial charge is 0.299 e. The van der Waals surface area contributed by atoms with Gasteiger partial charge >= 0.3 is 0 Å². The van der Waals surface area contributed by atoms with Crippen LogP contribution in [-0.4, -0.2) is 15.6 Å². The van der Waals surface area contributed by atoms with Crippen LogP contribution in [0.25, 0.3) is 0 Å². The topological polar surface area (TPSA) is 34.9 Å². The van der Waals surface area contributed by atoms with Crippen molar-refractivity contribution in [1.29, 1.82) is 0 Å². The van der Waals surface area contributed by atoms with E-state index in [4.69, 9.17) is 34.8 Å². The third-order valence-electron chi connectivity index (χ3n) is 3.25. The molecule has 0 aliphatic heterocycles. The average molecular weight is 346 g/mol. The number of hydrogen-bond donors (Lipinski definition) is 0. The van der Waals surface area contributed by atoms with Gasteiger partial charge < -0.3 is 0 Å². The monoisotopic (exact) mass is 344 g/mol. The molecule has 0 amide bonds. The Morgan fingerprint density at radius 1 is 1.19 bits per heavy atom. The number of rotatable bonds is 5. The first kappa shape index (κ1) is 16.3. The Kier molecular flexibility index (Phi) is 5.31. The fourth-order valence-electron chi connectivity index (χ4n) is 2.14. The maximum Gasteiger partial charge on any atom is 0.143 e. The quantitative estimate of drug-likeness (QED) is 0.810.